The molecule has 0 saturated carbocycles. The largest absolute Gasteiger partial charge is 0.477 e. The van der Waals surface area contributed by atoms with Crippen LogP contribution >= 0.6 is 11.5 Å². The van der Waals surface area contributed by atoms with Crippen LogP contribution in [0.1, 0.15) is 28.0 Å². The molecule has 0 aromatic carbocycles. The predicted octanol–water partition coefficient (Wildman–Crippen LogP) is 2.42. The van der Waals surface area contributed by atoms with Crippen molar-refractivity contribution in [2.45, 2.75) is 19.8 Å². The van der Waals surface area contributed by atoms with Gasteiger partial charge in [-0.15, -0.1) is 0 Å². The van der Waals surface area contributed by atoms with Crippen molar-refractivity contribution in [2.24, 2.45) is 5.92 Å². The summed E-state index contributed by atoms with van der Waals surface area (Å²) in [6, 6.07) is 4.55. The summed E-state index contributed by atoms with van der Waals surface area (Å²) < 4.78 is 19.2. The number of rotatable bonds is 7. The topological polar surface area (TPSA) is 131 Å². The molecule has 4 aromatic heterocycles. The van der Waals surface area contributed by atoms with Gasteiger partial charge in [-0.25, -0.2) is 19.2 Å². The van der Waals surface area contributed by atoms with Gasteiger partial charge in [0.1, 0.15) is 29.3 Å². The SMILES string of the molecule is Cc1cc(N2CC(C(=O)CCc3ncccc3F)C2)nc2c1c(=O)c(C(=O)O)cn2-c1ncns1. The minimum atomic E-state index is -1.34. The van der Waals surface area contributed by atoms with E-state index in [4.69, 9.17) is 0 Å². The lowest BCUT2D eigenvalue weighted by atomic mass is 9.91. The number of halogens is 1. The van der Waals surface area contributed by atoms with Gasteiger partial charge in [0.2, 0.25) is 10.6 Å². The van der Waals surface area contributed by atoms with Gasteiger partial charge in [-0.2, -0.15) is 4.37 Å². The highest BCUT2D eigenvalue weighted by Crippen LogP contribution is 2.29. The second-order valence-electron chi connectivity index (χ2n) is 8.27. The molecule has 0 atom stereocenters. The number of aromatic nitrogens is 5. The van der Waals surface area contributed by atoms with Crippen LogP contribution in [0.2, 0.25) is 0 Å². The second-order valence-corrected chi connectivity index (χ2v) is 9.03. The molecule has 0 spiro atoms. The molecule has 1 N–H and O–H groups in total. The van der Waals surface area contributed by atoms with Gasteiger partial charge in [-0.1, -0.05) is 0 Å². The molecule has 0 aliphatic carbocycles. The number of ketones is 1. The fourth-order valence-corrected chi connectivity index (χ4v) is 4.64. The molecule has 4 aromatic rings. The van der Waals surface area contributed by atoms with Gasteiger partial charge in [-0.05, 0) is 37.1 Å². The summed E-state index contributed by atoms with van der Waals surface area (Å²) in [6.07, 6.45) is 4.50. The summed E-state index contributed by atoms with van der Waals surface area (Å²) in [4.78, 5) is 51.8. The number of hydrogen-bond acceptors (Lipinski definition) is 9. The number of pyridine rings is 3. The molecule has 1 fully saturated rings. The van der Waals surface area contributed by atoms with Crippen LogP contribution in [-0.4, -0.2) is 53.8 Å². The molecule has 12 heteroatoms. The predicted molar refractivity (Wildman–Crippen MR) is 126 cm³/mol. The van der Waals surface area contributed by atoms with Crippen molar-refractivity contribution in [1.29, 1.82) is 0 Å². The Kier molecular flexibility index (Phi) is 5.81. The van der Waals surface area contributed by atoms with E-state index < -0.39 is 17.2 Å². The normalized spacial score (nSPS) is 13.7. The van der Waals surface area contributed by atoms with Crippen LogP contribution < -0.4 is 10.3 Å². The van der Waals surface area contributed by atoms with Gasteiger partial charge in [0.25, 0.3) is 0 Å². The Bertz CT molecular complexity index is 1510. The van der Waals surface area contributed by atoms with E-state index in [1.807, 2.05) is 4.90 Å². The summed E-state index contributed by atoms with van der Waals surface area (Å²) in [6.45, 7) is 2.60. The number of carboxylic acids is 1. The molecular formula is C23H19FN6O4S. The molecule has 0 bridgehead atoms. The van der Waals surface area contributed by atoms with Crippen LogP contribution in [0.3, 0.4) is 0 Å². The highest BCUT2D eigenvalue weighted by Gasteiger charge is 2.34. The first-order valence-corrected chi connectivity index (χ1v) is 11.5. The maximum absolute atomic E-state index is 13.8. The van der Waals surface area contributed by atoms with E-state index in [0.29, 0.717) is 29.6 Å². The van der Waals surface area contributed by atoms with Crippen molar-refractivity contribution in [2.75, 3.05) is 18.0 Å². The zero-order valence-corrected chi connectivity index (χ0v) is 19.3. The Labute approximate surface area is 201 Å². The van der Waals surface area contributed by atoms with Crippen molar-refractivity contribution in [1.82, 2.24) is 23.9 Å². The molecule has 1 aliphatic rings. The van der Waals surface area contributed by atoms with Gasteiger partial charge in [0.15, 0.2) is 5.65 Å². The number of carbonyl (C=O) groups excluding carboxylic acids is 1. The number of fused-ring (bicyclic) bond motifs is 1. The monoisotopic (exact) mass is 494 g/mol. The lowest BCUT2D eigenvalue weighted by molar-refractivity contribution is -0.123. The average molecular weight is 495 g/mol. The summed E-state index contributed by atoms with van der Waals surface area (Å²) >= 11 is 1.04. The van der Waals surface area contributed by atoms with Crippen LogP contribution in [0.5, 0.6) is 0 Å². The third kappa shape index (κ3) is 4.16. The molecule has 0 radical (unpaired) electrons. The van der Waals surface area contributed by atoms with Crippen molar-refractivity contribution < 1.29 is 19.1 Å². The highest BCUT2D eigenvalue weighted by molar-refractivity contribution is 7.08. The summed E-state index contributed by atoms with van der Waals surface area (Å²) in [5.41, 5.74) is 0.107. The minimum Gasteiger partial charge on any atom is -0.477 e. The fraction of sp³-hybridized carbons (Fsp3) is 0.261. The first-order valence-electron chi connectivity index (χ1n) is 10.8. The average Bonchev–Trinajstić information content (AvgIpc) is 3.32. The number of anilines is 1. The molecule has 10 nitrogen and oxygen atoms in total. The number of carbonyl (C=O) groups is 2. The fourth-order valence-electron chi connectivity index (χ4n) is 4.13. The van der Waals surface area contributed by atoms with Crippen molar-refractivity contribution in [3.05, 3.63) is 69.8 Å². The number of hydrogen-bond donors (Lipinski definition) is 1. The lowest BCUT2D eigenvalue weighted by Gasteiger charge is -2.39. The summed E-state index contributed by atoms with van der Waals surface area (Å²) in [7, 11) is 0. The first-order chi connectivity index (χ1) is 16.8. The first kappa shape index (κ1) is 22.7. The Balaban J connectivity index is 1.40. The minimum absolute atomic E-state index is 0.0284. The number of aryl methyl sites for hydroxylation is 2. The van der Waals surface area contributed by atoms with Gasteiger partial charge < -0.3 is 10.0 Å². The van der Waals surface area contributed by atoms with E-state index in [1.54, 1.807) is 13.0 Å². The molecule has 1 saturated heterocycles. The number of carboxylic acid groups (broad SMARTS) is 1. The number of aromatic carboxylic acids is 1. The zero-order valence-electron chi connectivity index (χ0n) is 18.5. The van der Waals surface area contributed by atoms with Crippen molar-refractivity contribution >= 4 is 40.1 Å². The second kappa shape index (κ2) is 8.95. The van der Waals surface area contributed by atoms with Gasteiger partial charge in [-0.3, -0.25) is 19.1 Å². The third-order valence-corrected chi connectivity index (χ3v) is 6.70. The molecule has 178 valence electrons. The van der Waals surface area contributed by atoms with Crippen molar-refractivity contribution in [3.63, 3.8) is 0 Å². The van der Waals surface area contributed by atoms with E-state index in [-0.39, 0.29) is 46.8 Å². The molecule has 1 aliphatic heterocycles. The molecular weight excluding hydrogens is 475 g/mol. The Morgan fingerprint density at radius 3 is 2.77 bits per heavy atom. The molecule has 0 amide bonds. The van der Waals surface area contributed by atoms with Crippen LogP contribution in [-0.2, 0) is 11.2 Å². The molecule has 5 heterocycles. The smallest absolute Gasteiger partial charge is 0.341 e. The summed E-state index contributed by atoms with van der Waals surface area (Å²) in [5.74, 6) is -1.37. The van der Waals surface area contributed by atoms with Gasteiger partial charge in [0.05, 0.1) is 17.0 Å². The molecule has 35 heavy (non-hydrogen) atoms. The Morgan fingerprint density at radius 1 is 1.29 bits per heavy atom. The number of nitrogens with zero attached hydrogens (tertiary/aromatic N) is 6. The van der Waals surface area contributed by atoms with E-state index in [0.717, 1.165) is 11.5 Å². The van der Waals surface area contributed by atoms with Crippen LogP contribution in [0, 0.1) is 18.7 Å². The Hall–Kier alpha value is -4.06. The van der Waals surface area contributed by atoms with Crippen LogP contribution in [0.25, 0.3) is 16.2 Å². The standard InChI is InChI=1S/C23H19FN6O4S/c1-12-7-18(29-8-13(9-29)17(31)5-4-16-15(24)3-2-6-25-16)28-21-19(12)20(32)14(22(33)34)10-30(21)23-26-11-27-35-23/h2-3,6-7,10-11,13H,4-5,8-9H2,1H3,(H,33,34). The van der Waals surface area contributed by atoms with Crippen LogP contribution in [0.15, 0.2) is 41.7 Å². The lowest BCUT2D eigenvalue weighted by Crippen LogP contribution is -2.51. The quantitative estimate of drug-likeness (QED) is 0.411. The highest BCUT2D eigenvalue weighted by atomic mass is 32.1. The molecule has 0 unspecified atom stereocenters. The maximum atomic E-state index is 13.8. The van der Waals surface area contributed by atoms with Crippen molar-refractivity contribution in [3.8, 4) is 5.13 Å². The van der Waals surface area contributed by atoms with E-state index in [2.05, 4.69) is 19.3 Å². The zero-order chi connectivity index (χ0) is 24.7. The number of Topliss-reactive ketones (excluding diaryl/α,β-unsaturated/α-hetero) is 1. The van der Waals surface area contributed by atoms with E-state index in [1.165, 1.54) is 35.4 Å². The van der Waals surface area contributed by atoms with E-state index in [9.17, 15) is 23.9 Å². The molecule has 5 rings (SSSR count). The van der Waals surface area contributed by atoms with E-state index >= 15 is 0 Å². The Morgan fingerprint density at radius 2 is 2.09 bits per heavy atom. The van der Waals surface area contributed by atoms with Gasteiger partial charge in [0, 0.05) is 43.4 Å². The third-order valence-electron chi connectivity index (χ3n) is 6.03. The summed E-state index contributed by atoms with van der Waals surface area (Å²) in [5, 5.41) is 10.1. The van der Waals surface area contributed by atoms with Crippen LogP contribution in [0.4, 0.5) is 10.2 Å². The van der Waals surface area contributed by atoms with Gasteiger partial charge >= 0.3 is 5.97 Å². The maximum Gasteiger partial charge on any atom is 0.341 e.